The zero-order chi connectivity index (χ0) is 24.5. The number of hydrogen-bond acceptors (Lipinski definition) is 7. The van der Waals surface area contributed by atoms with Crippen molar-refractivity contribution in [3.8, 4) is 17.0 Å². The van der Waals surface area contributed by atoms with Crippen molar-refractivity contribution in [3.05, 3.63) is 65.7 Å². The average Bonchev–Trinajstić information content (AvgIpc) is 3.47. The molecule has 1 amide bonds. The first-order valence-corrected chi connectivity index (χ1v) is 11.3. The number of ether oxygens (including phenoxy) is 1. The largest absolute Gasteiger partial charge is 0.496 e. The van der Waals surface area contributed by atoms with Gasteiger partial charge < -0.3 is 20.9 Å². The molecule has 5 rings (SSSR count). The van der Waals surface area contributed by atoms with E-state index in [1.165, 1.54) is 25.6 Å². The molecule has 2 aromatic heterocycles. The minimum Gasteiger partial charge on any atom is -0.496 e. The van der Waals surface area contributed by atoms with Crippen LogP contribution in [0, 0.1) is 5.82 Å². The molecule has 1 fully saturated rings. The van der Waals surface area contributed by atoms with Gasteiger partial charge in [-0.2, -0.15) is 5.10 Å². The Balaban J connectivity index is 1.38. The number of nitrogens with zero attached hydrogens (tertiary/aromatic N) is 4. The van der Waals surface area contributed by atoms with Crippen LogP contribution in [0.3, 0.4) is 0 Å². The Morgan fingerprint density at radius 3 is 2.74 bits per heavy atom. The molecule has 4 aromatic rings. The van der Waals surface area contributed by atoms with E-state index in [0.29, 0.717) is 34.7 Å². The highest BCUT2D eigenvalue weighted by Gasteiger charge is 2.28. The van der Waals surface area contributed by atoms with Crippen LogP contribution in [0.1, 0.15) is 41.2 Å². The average molecular weight is 477 g/mol. The molecule has 0 saturated heterocycles. The predicted molar refractivity (Wildman–Crippen MR) is 128 cm³/mol. The van der Waals surface area contributed by atoms with Crippen molar-refractivity contribution in [3.63, 3.8) is 0 Å². The molecular weight excluding hydrogens is 451 g/mol. The highest BCUT2D eigenvalue weighted by atomic mass is 19.1. The number of methoxy groups -OCH3 is 1. The fourth-order valence-electron chi connectivity index (χ4n) is 4.52. The summed E-state index contributed by atoms with van der Waals surface area (Å²) in [5.41, 5.74) is 9.32. The number of aliphatic hydroxyl groups excluding tert-OH is 1. The number of nitrogens with one attached hydrogen (secondary N) is 1. The third kappa shape index (κ3) is 4.40. The lowest BCUT2D eigenvalue weighted by atomic mass is 10.1. The van der Waals surface area contributed by atoms with Crippen LogP contribution in [0.25, 0.3) is 22.3 Å². The molecule has 1 saturated carbocycles. The minimum atomic E-state index is -0.512. The third-order valence-corrected chi connectivity index (χ3v) is 6.33. The van der Waals surface area contributed by atoms with E-state index in [1.807, 2.05) is 28.9 Å². The lowest BCUT2D eigenvalue weighted by Gasteiger charge is -2.10. The van der Waals surface area contributed by atoms with Crippen molar-refractivity contribution in [2.45, 2.75) is 38.0 Å². The van der Waals surface area contributed by atoms with Crippen molar-refractivity contribution in [1.82, 2.24) is 25.1 Å². The fourth-order valence-corrected chi connectivity index (χ4v) is 4.52. The number of aliphatic hydroxyl groups is 1. The first-order valence-electron chi connectivity index (χ1n) is 11.3. The van der Waals surface area contributed by atoms with Crippen molar-refractivity contribution < 1.29 is 19.0 Å². The van der Waals surface area contributed by atoms with E-state index in [0.717, 1.165) is 30.0 Å². The SMILES string of the molecule is COc1ccc(F)cc1C(=O)NCc1ccc(-c2nn(C3CCC(O)C3)c3ncnc(N)c23)cc1. The van der Waals surface area contributed by atoms with Crippen molar-refractivity contribution >= 4 is 22.8 Å². The summed E-state index contributed by atoms with van der Waals surface area (Å²) in [5, 5.41) is 18.3. The van der Waals surface area contributed by atoms with Crippen LogP contribution in [0.2, 0.25) is 0 Å². The number of halogens is 1. The maximum absolute atomic E-state index is 13.6. The van der Waals surface area contributed by atoms with Gasteiger partial charge in [0, 0.05) is 12.1 Å². The number of nitrogens with two attached hydrogens (primary N) is 1. The van der Waals surface area contributed by atoms with Crippen LogP contribution >= 0.6 is 0 Å². The summed E-state index contributed by atoms with van der Waals surface area (Å²) in [6.45, 7) is 0.249. The molecule has 0 bridgehead atoms. The molecule has 9 nitrogen and oxygen atoms in total. The Bertz CT molecular complexity index is 1390. The van der Waals surface area contributed by atoms with Crippen molar-refractivity contribution in [2.24, 2.45) is 0 Å². The van der Waals surface area contributed by atoms with E-state index in [9.17, 15) is 14.3 Å². The van der Waals surface area contributed by atoms with Crippen LogP contribution in [0.15, 0.2) is 48.8 Å². The molecule has 2 heterocycles. The smallest absolute Gasteiger partial charge is 0.255 e. The Morgan fingerprint density at radius 1 is 1.23 bits per heavy atom. The summed E-state index contributed by atoms with van der Waals surface area (Å²) >= 11 is 0. The van der Waals surface area contributed by atoms with Crippen LogP contribution in [0.4, 0.5) is 10.2 Å². The minimum absolute atomic E-state index is 0.0462. The van der Waals surface area contributed by atoms with E-state index < -0.39 is 11.7 Å². The number of anilines is 1. The van der Waals surface area contributed by atoms with Gasteiger partial charge in [-0.3, -0.25) is 4.79 Å². The highest BCUT2D eigenvalue weighted by molar-refractivity contribution is 5.98. The molecule has 0 radical (unpaired) electrons. The molecule has 10 heteroatoms. The molecule has 2 atom stereocenters. The third-order valence-electron chi connectivity index (χ3n) is 6.33. The van der Waals surface area contributed by atoms with Gasteiger partial charge in [-0.25, -0.2) is 19.0 Å². The Labute approximate surface area is 200 Å². The Morgan fingerprint density at radius 2 is 2.03 bits per heavy atom. The lowest BCUT2D eigenvalue weighted by Crippen LogP contribution is -2.23. The number of aromatic nitrogens is 4. The van der Waals surface area contributed by atoms with Gasteiger partial charge >= 0.3 is 0 Å². The quantitative estimate of drug-likeness (QED) is 0.390. The summed E-state index contributed by atoms with van der Waals surface area (Å²) in [6, 6.07) is 11.4. The van der Waals surface area contributed by atoms with Crippen LogP contribution < -0.4 is 15.8 Å². The van der Waals surface area contributed by atoms with E-state index in [2.05, 4.69) is 15.3 Å². The van der Waals surface area contributed by atoms with Gasteiger partial charge in [0.2, 0.25) is 0 Å². The number of benzene rings is 2. The van der Waals surface area contributed by atoms with Gasteiger partial charge in [-0.1, -0.05) is 24.3 Å². The van der Waals surface area contributed by atoms with Gasteiger partial charge in [0.05, 0.1) is 30.2 Å². The Kier molecular flexibility index (Phi) is 6.04. The number of fused-ring (bicyclic) bond motifs is 1. The van der Waals surface area contributed by atoms with Crippen molar-refractivity contribution in [2.75, 3.05) is 12.8 Å². The molecule has 0 spiro atoms. The molecular formula is C25H25FN6O3. The second-order valence-corrected chi connectivity index (χ2v) is 8.60. The maximum Gasteiger partial charge on any atom is 0.255 e. The second-order valence-electron chi connectivity index (χ2n) is 8.60. The zero-order valence-electron chi connectivity index (χ0n) is 19.1. The number of carbonyl (C=O) groups excluding carboxylic acids is 1. The topological polar surface area (TPSA) is 128 Å². The number of nitrogen functional groups attached to an aromatic ring is 1. The monoisotopic (exact) mass is 476 g/mol. The number of hydrogen-bond donors (Lipinski definition) is 3. The van der Waals surface area contributed by atoms with Crippen LogP contribution in [-0.4, -0.2) is 44.0 Å². The van der Waals surface area contributed by atoms with Gasteiger partial charge in [-0.15, -0.1) is 0 Å². The first-order chi connectivity index (χ1) is 16.9. The number of amides is 1. The summed E-state index contributed by atoms with van der Waals surface area (Å²) in [7, 11) is 1.43. The van der Waals surface area contributed by atoms with Gasteiger partial charge in [0.15, 0.2) is 5.65 Å². The highest BCUT2D eigenvalue weighted by Crippen LogP contribution is 2.36. The Hall–Kier alpha value is -4.05. The normalized spacial score (nSPS) is 17.6. The van der Waals surface area contributed by atoms with Gasteiger partial charge in [0.25, 0.3) is 5.91 Å². The van der Waals surface area contributed by atoms with Crippen LogP contribution in [0.5, 0.6) is 5.75 Å². The fraction of sp³-hybridized carbons (Fsp3) is 0.280. The summed E-state index contributed by atoms with van der Waals surface area (Å²) in [6.07, 6.45) is 3.24. The van der Waals surface area contributed by atoms with E-state index in [1.54, 1.807) is 0 Å². The molecule has 1 aliphatic carbocycles. The molecule has 2 aromatic carbocycles. The standard InChI is InChI=1S/C25H25FN6O3/c1-35-20-9-6-16(26)10-19(20)25(34)28-12-14-2-4-15(5-3-14)22-21-23(27)29-13-30-24(21)32(31-22)17-7-8-18(33)11-17/h2-6,9-10,13,17-18,33H,7-8,11-12H2,1H3,(H,28,34)(H2,27,29,30). The van der Waals surface area contributed by atoms with Crippen molar-refractivity contribution in [1.29, 1.82) is 0 Å². The molecule has 0 aliphatic heterocycles. The molecule has 180 valence electrons. The number of carbonyl (C=O) groups is 1. The summed E-state index contributed by atoms with van der Waals surface area (Å²) < 4.78 is 20.6. The zero-order valence-corrected chi connectivity index (χ0v) is 19.1. The molecule has 35 heavy (non-hydrogen) atoms. The lowest BCUT2D eigenvalue weighted by molar-refractivity contribution is 0.0947. The summed E-state index contributed by atoms with van der Waals surface area (Å²) in [5.74, 6) is -0.298. The van der Waals surface area contributed by atoms with Gasteiger partial charge in [0.1, 0.15) is 29.4 Å². The van der Waals surface area contributed by atoms with E-state index in [4.69, 9.17) is 15.6 Å². The van der Waals surface area contributed by atoms with E-state index >= 15 is 0 Å². The van der Waals surface area contributed by atoms with E-state index in [-0.39, 0.29) is 24.3 Å². The number of rotatable bonds is 6. The molecule has 2 unspecified atom stereocenters. The second kappa shape index (κ2) is 9.30. The van der Waals surface area contributed by atoms with Gasteiger partial charge in [-0.05, 0) is 43.0 Å². The summed E-state index contributed by atoms with van der Waals surface area (Å²) in [4.78, 5) is 21.1. The first kappa shape index (κ1) is 22.7. The maximum atomic E-state index is 13.6. The predicted octanol–water partition coefficient (Wildman–Crippen LogP) is 3.24. The molecule has 1 aliphatic rings. The molecule has 4 N–H and O–H groups in total. The van der Waals surface area contributed by atoms with Crippen LogP contribution in [-0.2, 0) is 6.54 Å².